The molecule has 1 N–H and O–H groups in total. The third kappa shape index (κ3) is 4.07. The molecule has 1 aromatic rings. The van der Waals surface area contributed by atoms with Crippen molar-refractivity contribution in [3.8, 4) is 5.75 Å². The first kappa shape index (κ1) is 15.0. The van der Waals surface area contributed by atoms with Gasteiger partial charge in [-0.1, -0.05) is 12.1 Å². The fraction of sp³-hybridized carbons (Fsp3) is 0.471. The Bertz CT molecular complexity index is 551. The van der Waals surface area contributed by atoms with E-state index in [0.29, 0.717) is 18.3 Å². The third-order valence-corrected chi connectivity index (χ3v) is 4.17. The fourth-order valence-corrected chi connectivity index (χ4v) is 2.84. The Balaban J connectivity index is 1.41. The number of para-hydroxylation sites is 1. The van der Waals surface area contributed by atoms with Crippen LogP contribution in [-0.4, -0.2) is 43.9 Å². The average molecular weight is 303 g/mol. The molecule has 2 aliphatic heterocycles. The van der Waals surface area contributed by atoms with Gasteiger partial charge in [0.05, 0.1) is 13.2 Å². The molecular formula is C17H22FN3O. The highest BCUT2D eigenvalue weighted by Gasteiger charge is 2.21. The van der Waals surface area contributed by atoms with Crippen molar-refractivity contribution in [2.75, 3.05) is 32.8 Å². The molecule has 0 amide bonds. The molecule has 1 fully saturated rings. The van der Waals surface area contributed by atoms with E-state index in [1.54, 1.807) is 18.2 Å². The first-order chi connectivity index (χ1) is 10.8. The van der Waals surface area contributed by atoms with Crippen LogP contribution < -0.4 is 10.1 Å². The van der Waals surface area contributed by atoms with Crippen LogP contribution in [0.2, 0.25) is 0 Å². The molecule has 2 aliphatic rings. The van der Waals surface area contributed by atoms with Crippen molar-refractivity contribution in [3.05, 3.63) is 42.0 Å². The lowest BCUT2D eigenvalue weighted by molar-refractivity contribution is 0.145. The van der Waals surface area contributed by atoms with Crippen molar-refractivity contribution in [2.24, 2.45) is 10.9 Å². The molecule has 0 unspecified atom stereocenters. The summed E-state index contributed by atoms with van der Waals surface area (Å²) >= 11 is 0. The summed E-state index contributed by atoms with van der Waals surface area (Å²) in [6.45, 7) is 4.44. The van der Waals surface area contributed by atoms with Crippen molar-refractivity contribution >= 4 is 6.21 Å². The molecular weight excluding hydrogens is 281 g/mol. The molecule has 0 aliphatic carbocycles. The van der Waals surface area contributed by atoms with Crippen molar-refractivity contribution in [1.29, 1.82) is 0 Å². The number of ether oxygens (including phenoxy) is 1. The fourth-order valence-electron chi connectivity index (χ4n) is 2.84. The van der Waals surface area contributed by atoms with Crippen LogP contribution in [0.1, 0.15) is 12.8 Å². The van der Waals surface area contributed by atoms with E-state index in [-0.39, 0.29) is 5.82 Å². The van der Waals surface area contributed by atoms with Crippen LogP contribution in [0.4, 0.5) is 4.39 Å². The van der Waals surface area contributed by atoms with E-state index in [2.05, 4.69) is 15.2 Å². The van der Waals surface area contributed by atoms with Gasteiger partial charge in [-0.3, -0.25) is 9.89 Å². The molecule has 3 rings (SSSR count). The molecule has 0 bridgehead atoms. The first-order valence-corrected chi connectivity index (χ1v) is 7.85. The average Bonchev–Trinajstić information content (AvgIpc) is 2.56. The summed E-state index contributed by atoms with van der Waals surface area (Å²) < 4.78 is 19.1. The first-order valence-electron chi connectivity index (χ1n) is 7.85. The SMILES string of the molecule is Fc1ccccc1OCC1CCN(CC2=CN=CCN2)CC1. The van der Waals surface area contributed by atoms with Crippen LogP contribution in [-0.2, 0) is 0 Å². The second kappa shape index (κ2) is 7.40. The summed E-state index contributed by atoms with van der Waals surface area (Å²) in [4.78, 5) is 6.61. The van der Waals surface area contributed by atoms with Crippen LogP contribution in [0.15, 0.2) is 41.2 Å². The summed E-state index contributed by atoms with van der Waals surface area (Å²) in [5.41, 5.74) is 1.18. The lowest BCUT2D eigenvalue weighted by Crippen LogP contribution is -2.39. The number of nitrogens with zero attached hydrogens (tertiary/aromatic N) is 2. The predicted molar refractivity (Wildman–Crippen MR) is 85.6 cm³/mol. The van der Waals surface area contributed by atoms with Crippen molar-refractivity contribution in [2.45, 2.75) is 12.8 Å². The summed E-state index contributed by atoms with van der Waals surface area (Å²) in [5.74, 6) is 0.581. The molecule has 0 atom stereocenters. The van der Waals surface area contributed by atoms with E-state index in [1.807, 2.05) is 12.4 Å². The van der Waals surface area contributed by atoms with Crippen molar-refractivity contribution in [3.63, 3.8) is 0 Å². The summed E-state index contributed by atoms with van der Waals surface area (Å²) in [6.07, 6.45) is 5.95. The Kier molecular flexibility index (Phi) is 5.06. The Morgan fingerprint density at radius 3 is 2.82 bits per heavy atom. The van der Waals surface area contributed by atoms with Gasteiger partial charge in [0.15, 0.2) is 11.6 Å². The topological polar surface area (TPSA) is 36.9 Å². The van der Waals surface area contributed by atoms with E-state index in [4.69, 9.17) is 4.74 Å². The Hall–Kier alpha value is -1.88. The molecule has 5 heteroatoms. The van der Waals surface area contributed by atoms with E-state index < -0.39 is 0 Å². The molecule has 4 nitrogen and oxygen atoms in total. The smallest absolute Gasteiger partial charge is 0.165 e. The zero-order valence-electron chi connectivity index (χ0n) is 12.7. The minimum atomic E-state index is -0.282. The number of rotatable bonds is 5. The molecule has 22 heavy (non-hydrogen) atoms. The number of hydrogen-bond donors (Lipinski definition) is 1. The van der Waals surface area contributed by atoms with Gasteiger partial charge in [0.2, 0.25) is 0 Å². The van der Waals surface area contributed by atoms with Crippen LogP contribution in [0.25, 0.3) is 0 Å². The highest BCUT2D eigenvalue weighted by molar-refractivity contribution is 5.62. The summed E-state index contributed by atoms with van der Waals surface area (Å²) in [6, 6.07) is 6.60. The predicted octanol–water partition coefficient (Wildman–Crippen LogP) is 2.43. The van der Waals surface area contributed by atoms with Gasteiger partial charge >= 0.3 is 0 Å². The highest BCUT2D eigenvalue weighted by Crippen LogP contribution is 2.21. The number of likely N-dealkylation sites (tertiary alicyclic amines) is 1. The lowest BCUT2D eigenvalue weighted by Gasteiger charge is -2.32. The minimum absolute atomic E-state index is 0.282. The highest BCUT2D eigenvalue weighted by atomic mass is 19.1. The number of halogens is 1. The van der Waals surface area contributed by atoms with Crippen molar-refractivity contribution < 1.29 is 9.13 Å². The van der Waals surface area contributed by atoms with Crippen LogP contribution in [0, 0.1) is 11.7 Å². The quantitative estimate of drug-likeness (QED) is 0.908. The van der Waals surface area contributed by atoms with Gasteiger partial charge in [-0.05, 0) is 44.0 Å². The third-order valence-electron chi connectivity index (χ3n) is 4.17. The van der Waals surface area contributed by atoms with Crippen LogP contribution in [0.3, 0.4) is 0 Å². The molecule has 1 aromatic carbocycles. The largest absolute Gasteiger partial charge is 0.490 e. The van der Waals surface area contributed by atoms with Gasteiger partial charge < -0.3 is 10.1 Å². The maximum atomic E-state index is 13.5. The zero-order valence-corrected chi connectivity index (χ0v) is 12.7. The minimum Gasteiger partial charge on any atom is -0.490 e. The Morgan fingerprint density at radius 2 is 2.09 bits per heavy atom. The zero-order chi connectivity index (χ0) is 15.2. The summed E-state index contributed by atoms with van der Waals surface area (Å²) in [5, 5.41) is 3.33. The van der Waals surface area contributed by atoms with Gasteiger partial charge in [0.25, 0.3) is 0 Å². The lowest BCUT2D eigenvalue weighted by atomic mass is 9.97. The maximum absolute atomic E-state index is 13.5. The van der Waals surface area contributed by atoms with Crippen LogP contribution >= 0.6 is 0 Å². The maximum Gasteiger partial charge on any atom is 0.165 e. The number of aliphatic imine (C=N–C) groups is 1. The normalized spacial score (nSPS) is 19.6. The molecule has 0 aromatic heterocycles. The number of hydrogen-bond acceptors (Lipinski definition) is 4. The van der Waals surface area contributed by atoms with Gasteiger partial charge in [-0.15, -0.1) is 0 Å². The molecule has 118 valence electrons. The number of piperidine rings is 1. The molecule has 0 spiro atoms. The molecule has 2 heterocycles. The van der Waals surface area contributed by atoms with Gasteiger partial charge in [-0.25, -0.2) is 4.39 Å². The molecule has 0 radical (unpaired) electrons. The number of benzene rings is 1. The molecule has 1 saturated heterocycles. The summed E-state index contributed by atoms with van der Waals surface area (Å²) in [7, 11) is 0. The van der Waals surface area contributed by atoms with Gasteiger partial charge in [-0.2, -0.15) is 0 Å². The van der Waals surface area contributed by atoms with E-state index >= 15 is 0 Å². The van der Waals surface area contributed by atoms with Gasteiger partial charge in [0.1, 0.15) is 0 Å². The second-order valence-electron chi connectivity index (χ2n) is 5.83. The Labute approximate surface area is 130 Å². The standard InChI is InChI=1S/C17H22FN3O/c18-16-3-1-2-4-17(16)22-13-14-5-9-21(10-6-14)12-15-11-19-7-8-20-15/h1-4,7,11,14,20H,5-6,8-10,12-13H2. The van der Waals surface area contributed by atoms with Crippen molar-refractivity contribution in [1.82, 2.24) is 10.2 Å². The van der Waals surface area contributed by atoms with Crippen LogP contribution in [0.5, 0.6) is 5.75 Å². The van der Waals surface area contributed by atoms with E-state index in [0.717, 1.165) is 39.0 Å². The van der Waals surface area contributed by atoms with Gasteiger partial charge in [0, 0.05) is 24.7 Å². The van der Waals surface area contributed by atoms with E-state index in [9.17, 15) is 4.39 Å². The Morgan fingerprint density at radius 1 is 1.27 bits per heavy atom. The second-order valence-corrected chi connectivity index (χ2v) is 5.83. The van der Waals surface area contributed by atoms with E-state index in [1.165, 1.54) is 11.8 Å². The number of nitrogens with one attached hydrogen (secondary N) is 1. The molecule has 0 saturated carbocycles. The monoisotopic (exact) mass is 303 g/mol.